The van der Waals surface area contributed by atoms with Gasteiger partial charge >= 0.3 is 5.97 Å². The third-order valence-electron chi connectivity index (χ3n) is 3.25. The average molecular weight is 229 g/mol. The Bertz CT molecular complexity index is 253. The number of hydrogen-bond donors (Lipinski definition) is 1. The van der Waals surface area contributed by atoms with Crippen LogP contribution in [0.15, 0.2) is 0 Å². The molecule has 0 aliphatic carbocycles. The SMILES string of the molecule is CCC(C(=O)O)N(C)CC1CCC(C)(C)O1. The molecule has 1 saturated heterocycles. The van der Waals surface area contributed by atoms with Gasteiger partial charge in [0.25, 0.3) is 0 Å². The molecule has 0 saturated carbocycles. The van der Waals surface area contributed by atoms with Gasteiger partial charge in [0.2, 0.25) is 0 Å². The normalized spacial score (nSPS) is 25.9. The molecule has 2 atom stereocenters. The number of carbonyl (C=O) groups is 1. The molecule has 94 valence electrons. The number of ether oxygens (including phenoxy) is 1. The lowest BCUT2D eigenvalue weighted by atomic mass is 10.1. The van der Waals surface area contributed by atoms with E-state index in [0.29, 0.717) is 13.0 Å². The van der Waals surface area contributed by atoms with Crippen molar-refractivity contribution in [2.45, 2.75) is 57.8 Å². The molecular weight excluding hydrogens is 206 g/mol. The van der Waals surface area contributed by atoms with E-state index in [1.54, 1.807) is 0 Å². The molecule has 0 spiro atoms. The molecule has 16 heavy (non-hydrogen) atoms. The number of nitrogens with zero attached hydrogens (tertiary/aromatic N) is 1. The molecule has 1 N–H and O–H groups in total. The summed E-state index contributed by atoms with van der Waals surface area (Å²) in [6.45, 7) is 6.77. The summed E-state index contributed by atoms with van der Waals surface area (Å²) in [6, 6.07) is -0.396. The molecule has 0 aromatic heterocycles. The zero-order valence-corrected chi connectivity index (χ0v) is 10.7. The van der Waals surface area contributed by atoms with Crippen LogP contribution in [0.4, 0.5) is 0 Å². The van der Waals surface area contributed by atoms with Gasteiger partial charge in [0.05, 0.1) is 11.7 Å². The Balaban J connectivity index is 2.45. The first kappa shape index (κ1) is 13.5. The summed E-state index contributed by atoms with van der Waals surface area (Å²) in [7, 11) is 1.86. The van der Waals surface area contributed by atoms with E-state index in [0.717, 1.165) is 12.8 Å². The zero-order chi connectivity index (χ0) is 12.3. The number of carboxylic acid groups (broad SMARTS) is 1. The van der Waals surface area contributed by atoms with Gasteiger partial charge in [-0.1, -0.05) is 6.92 Å². The second kappa shape index (κ2) is 5.15. The smallest absolute Gasteiger partial charge is 0.320 e. The summed E-state index contributed by atoms with van der Waals surface area (Å²) in [5.74, 6) is -0.748. The van der Waals surface area contributed by atoms with Crippen LogP contribution in [0, 0.1) is 0 Å². The lowest BCUT2D eigenvalue weighted by molar-refractivity contribution is -0.143. The van der Waals surface area contributed by atoms with Crippen molar-refractivity contribution in [1.82, 2.24) is 4.90 Å². The van der Waals surface area contributed by atoms with Gasteiger partial charge in [0.1, 0.15) is 6.04 Å². The summed E-state index contributed by atoms with van der Waals surface area (Å²) in [6.07, 6.45) is 2.87. The van der Waals surface area contributed by atoms with E-state index >= 15 is 0 Å². The van der Waals surface area contributed by atoms with Gasteiger partial charge in [-0.2, -0.15) is 0 Å². The monoisotopic (exact) mass is 229 g/mol. The Kier molecular flexibility index (Phi) is 4.33. The number of hydrogen-bond acceptors (Lipinski definition) is 3. The maximum absolute atomic E-state index is 11.0. The first-order chi connectivity index (χ1) is 7.35. The van der Waals surface area contributed by atoms with Crippen LogP contribution in [0.1, 0.15) is 40.0 Å². The Morgan fingerprint density at radius 1 is 1.62 bits per heavy atom. The van der Waals surface area contributed by atoms with Gasteiger partial charge < -0.3 is 9.84 Å². The molecule has 4 heteroatoms. The van der Waals surface area contributed by atoms with Gasteiger partial charge in [-0.15, -0.1) is 0 Å². The van der Waals surface area contributed by atoms with Crippen LogP contribution in [0.25, 0.3) is 0 Å². The quantitative estimate of drug-likeness (QED) is 0.780. The molecule has 1 aliphatic rings. The second-order valence-electron chi connectivity index (χ2n) is 5.24. The first-order valence-corrected chi connectivity index (χ1v) is 5.96. The fourth-order valence-electron chi connectivity index (χ4n) is 2.33. The minimum atomic E-state index is -0.748. The maximum Gasteiger partial charge on any atom is 0.320 e. The molecule has 0 bridgehead atoms. The number of carboxylic acids is 1. The van der Waals surface area contributed by atoms with Crippen molar-refractivity contribution >= 4 is 5.97 Å². The van der Waals surface area contributed by atoms with E-state index in [2.05, 4.69) is 13.8 Å². The van der Waals surface area contributed by atoms with Crippen LogP contribution in [-0.2, 0) is 9.53 Å². The van der Waals surface area contributed by atoms with Gasteiger partial charge in [0, 0.05) is 6.54 Å². The summed E-state index contributed by atoms with van der Waals surface area (Å²) in [5.41, 5.74) is -0.0452. The fourth-order valence-corrected chi connectivity index (χ4v) is 2.33. The molecule has 1 aliphatic heterocycles. The predicted molar refractivity (Wildman–Crippen MR) is 62.5 cm³/mol. The van der Waals surface area contributed by atoms with Gasteiger partial charge in [-0.3, -0.25) is 9.69 Å². The molecule has 0 aromatic rings. The third-order valence-corrected chi connectivity index (χ3v) is 3.25. The van der Waals surface area contributed by atoms with E-state index in [1.807, 2.05) is 18.9 Å². The van der Waals surface area contributed by atoms with Gasteiger partial charge in [0.15, 0.2) is 0 Å². The Hall–Kier alpha value is -0.610. The number of likely N-dealkylation sites (N-methyl/N-ethyl adjacent to an activating group) is 1. The zero-order valence-electron chi connectivity index (χ0n) is 10.7. The standard InChI is InChI=1S/C12H23NO3/c1-5-10(11(14)15)13(4)8-9-6-7-12(2,3)16-9/h9-10H,5-8H2,1-4H3,(H,14,15). The average Bonchev–Trinajstić information content (AvgIpc) is 2.45. The van der Waals surface area contributed by atoms with Crippen molar-refractivity contribution in [3.8, 4) is 0 Å². The lowest BCUT2D eigenvalue weighted by Crippen LogP contribution is -2.42. The topological polar surface area (TPSA) is 49.8 Å². The van der Waals surface area contributed by atoms with Crippen LogP contribution in [-0.4, -0.2) is 47.3 Å². The van der Waals surface area contributed by atoms with Crippen LogP contribution in [0.3, 0.4) is 0 Å². The molecule has 2 unspecified atom stereocenters. The van der Waals surface area contributed by atoms with Crippen molar-refractivity contribution in [2.24, 2.45) is 0 Å². The summed E-state index contributed by atoms with van der Waals surface area (Å²) in [5, 5.41) is 9.04. The molecule has 1 rings (SSSR count). The fraction of sp³-hybridized carbons (Fsp3) is 0.917. The summed E-state index contributed by atoms with van der Waals surface area (Å²) < 4.78 is 5.86. The molecular formula is C12H23NO3. The Morgan fingerprint density at radius 3 is 2.62 bits per heavy atom. The number of aliphatic carboxylic acids is 1. The maximum atomic E-state index is 11.0. The highest BCUT2D eigenvalue weighted by atomic mass is 16.5. The number of rotatable bonds is 5. The van der Waals surface area contributed by atoms with Gasteiger partial charge in [-0.25, -0.2) is 0 Å². The van der Waals surface area contributed by atoms with Crippen LogP contribution in [0.2, 0.25) is 0 Å². The van der Waals surface area contributed by atoms with Crippen molar-refractivity contribution in [1.29, 1.82) is 0 Å². The molecule has 0 radical (unpaired) electrons. The van der Waals surface area contributed by atoms with Gasteiger partial charge in [-0.05, 0) is 40.2 Å². The summed E-state index contributed by atoms with van der Waals surface area (Å²) in [4.78, 5) is 12.9. The molecule has 4 nitrogen and oxygen atoms in total. The van der Waals surface area contributed by atoms with E-state index in [1.165, 1.54) is 0 Å². The minimum Gasteiger partial charge on any atom is -0.480 e. The highest BCUT2D eigenvalue weighted by Crippen LogP contribution is 2.29. The second-order valence-corrected chi connectivity index (χ2v) is 5.24. The van der Waals surface area contributed by atoms with E-state index in [9.17, 15) is 4.79 Å². The molecule has 1 fully saturated rings. The van der Waals surface area contributed by atoms with Crippen molar-refractivity contribution in [3.05, 3.63) is 0 Å². The predicted octanol–water partition coefficient (Wildman–Crippen LogP) is 1.74. The van der Waals surface area contributed by atoms with Crippen molar-refractivity contribution in [2.75, 3.05) is 13.6 Å². The van der Waals surface area contributed by atoms with E-state index in [-0.39, 0.29) is 11.7 Å². The highest BCUT2D eigenvalue weighted by Gasteiger charge is 2.33. The Labute approximate surface area is 97.6 Å². The molecule has 0 amide bonds. The van der Waals surface area contributed by atoms with Crippen LogP contribution in [0.5, 0.6) is 0 Å². The Morgan fingerprint density at radius 2 is 2.25 bits per heavy atom. The van der Waals surface area contributed by atoms with E-state index in [4.69, 9.17) is 9.84 Å². The third kappa shape index (κ3) is 3.46. The van der Waals surface area contributed by atoms with Crippen LogP contribution >= 0.6 is 0 Å². The minimum absolute atomic E-state index is 0.0452. The lowest BCUT2D eigenvalue weighted by Gasteiger charge is -2.27. The molecule has 1 heterocycles. The van der Waals surface area contributed by atoms with Crippen molar-refractivity contribution < 1.29 is 14.6 Å². The van der Waals surface area contributed by atoms with E-state index < -0.39 is 12.0 Å². The summed E-state index contributed by atoms with van der Waals surface area (Å²) >= 11 is 0. The largest absolute Gasteiger partial charge is 0.480 e. The molecule has 0 aromatic carbocycles. The highest BCUT2D eigenvalue weighted by molar-refractivity contribution is 5.73. The van der Waals surface area contributed by atoms with Crippen molar-refractivity contribution in [3.63, 3.8) is 0 Å². The van der Waals surface area contributed by atoms with Crippen LogP contribution < -0.4 is 0 Å². The first-order valence-electron chi connectivity index (χ1n) is 5.96.